The molecule has 2 nitrogen and oxygen atoms in total. The molecule has 0 aromatic carbocycles. The molecule has 0 fully saturated rings. The van der Waals surface area contributed by atoms with E-state index < -0.39 is 0 Å². The molecular weight excluding hydrogens is 192 g/mol. The monoisotopic (exact) mass is 212 g/mol. The summed E-state index contributed by atoms with van der Waals surface area (Å²) in [6.07, 6.45) is 6.83. The molecule has 1 heterocycles. The fraction of sp³-hybridized carbons (Fsp3) is 0.727. The summed E-state index contributed by atoms with van der Waals surface area (Å²) in [5.41, 5.74) is 0. The van der Waals surface area contributed by atoms with Crippen molar-refractivity contribution in [3.8, 4) is 0 Å². The summed E-state index contributed by atoms with van der Waals surface area (Å²) in [6, 6.07) is 0.617. The minimum atomic E-state index is 0.617. The summed E-state index contributed by atoms with van der Waals surface area (Å²) < 4.78 is 0. The lowest BCUT2D eigenvalue weighted by atomic mass is 10.1. The first-order chi connectivity index (χ1) is 6.86. The molecule has 0 amide bonds. The molecule has 0 saturated carbocycles. The van der Waals surface area contributed by atoms with Crippen molar-refractivity contribution in [2.75, 3.05) is 6.54 Å². The third kappa shape index (κ3) is 4.20. The Morgan fingerprint density at radius 2 is 2.36 bits per heavy atom. The summed E-state index contributed by atoms with van der Waals surface area (Å²) in [7, 11) is 0. The van der Waals surface area contributed by atoms with Crippen molar-refractivity contribution in [3.05, 3.63) is 16.6 Å². The predicted molar refractivity (Wildman–Crippen MR) is 62.8 cm³/mol. The van der Waals surface area contributed by atoms with E-state index in [1.54, 1.807) is 11.3 Å². The molecule has 0 spiro atoms. The smallest absolute Gasteiger partial charge is 0.0940 e. The molecule has 1 atom stereocenters. The molecule has 1 N–H and O–H groups in total. The Hall–Kier alpha value is -0.410. The van der Waals surface area contributed by atoms with Crippen LogP contribution in [-0.2, 0) is 6.42 Å². The SMILES string of the molecule is CCCCC(Cc1nccs1)NCC. The number of hydrogen-bond donors (Lipinski definition) is 1. The topological polar surface area (TPSA) is 24.9 Å². The third-order valence-electron chi connectivity index (χ3n) is 2.30. The van der Waals surface area contributed by atoms with Crippen LogP contribution in [-0.4, -0.2) is 17.6 Å². The van der Waals surface area contributed by atoms with Crippen LogP contribution in [0.25, 0.3) is 0 Å². The zero-order chi connectivity index (χ0) is 10.2. The van der Waals surface area contributed by atoms with E-state index >= 15 is 0 Å². The lowest BCUT2D eigenvalue weighted by Crippen LogP contribution is -2.30. The number of thiazole rings is 1. The Labute approximate surface area is 90.8 Å². The molecule has 1 rings (SSSR count). The Bertz CT molecular complexity index is 221. The van der Waals surface area contributed by atoms with E-state index in [1.807, 2.05) is 6.20 Å². The van der Waals surface area contributed by atoms with Crippen molar-refractivity contribution in [3.63, 3.8) is 0 Å². The molecule has 1 aromatic heterocycles. The average molecular weight is 212 g/mol. The average Bonchev–Trinajstić information content (AvgIpc) is 2.67. The summed E-state index contributed by atoms with van der Waals surface area (Å²) in [5.74, 6) is 0. The molecule has 0 aliphatic carbocycles. The van der Waals surface area contributed by atoms with Gasteiger partial charge in [-0.2, -0.15) is 0 Å². The van der Waals surface area contributed by atoms with Crippen molar-refractivity contribution < 1.29 is 0 Å². The normalized spacial score (nSPS) is 13.0. The van der Waals surface area contributed by atoms with Crippen LogP contribution in [0.4, 0.5) is 0 Å². The molecule has 14 heavy (non-hydrogen) atoms. The maximum atomic E-state index is 4.32. The van der Waals surface area contributed by atoms with E-state index in [4.69, 9.17) is 0 Å². The lowest BCUT2D eigenvalue weighted by molar-refractivity contribution is 0.473. The summed E-state index contributed by atoms with van der Waals surface area (Å²) in [4.78, 5) is 4.32. The second-order valence-corrected chi connectivity index (χ2v) is 4.51. The van der Waals surface area contributed by atoms with E-state index in [-0.39, 0.29) is 0 Å². The highest BCUT2D eigenvalue weighted by molar-refractivity contribution is 7.09. The first kappa shape index (κ1) is 11.7. The summed E-state index contributed by atoms with van der Waals surface area (Å²) in [6.45, 7) is 5.47. The van der Waals surface area contributed by atoms with Gasteiger partial charge in [0.2, 0.25) is 0 Å². The van der Waals surface area contributed by atoms with Crippen LogP contribution in [0.2, 0.25) is 0 Å². The standard InChI is InChI=1S/C11H20N2S/c1-3-5-6-10(12-4-2)9-11-13-7-8-14-11/h7-8,10,12H,3-6,9H2,1-2H3. The van der Waals surface area contributed by atoms with Gasteiger partial charge in [-0.3, -0.25) is 0 Å². The quantitative estimate of drug-likeness (QED) is 0.752. The van der Waals surface area contributed by atoms with E-state index in [2.05, 4.69) is 29.5 Å². The van der Waals surface area contributed by atoms with Crippen molar-refractivity contribution in [2.45, 2.75) is 45.6 Å². The molecule has 0 saturated heterocycles. The van der Waals surface area contributed by atoms with Gasteiger partial charge in [-0.15, -0.1) is 11.3 Å². The van der Waals surface area contributed by atoms with Crippen molar-refractivity contribution in [1.82, 2.24) is 10.3 Å². The Balaban J connectivity index is 2.34. The minimum absolute atomic E-state index is 0.617. The molecule has 0 aliphatic rings. The fourth-order valence-electron chi connectivity index (χ4n) is 1.58. The van der Waals surface area contributed by atoms with Gasteiger partial charge in [-0.1, -0.05) is 26.7 Å². The number of unbranched alkanes of at least 4 members (excludes halogenated alkanes) is 1. The fourth-order valence-corrected chi connectivity index (χ4v) is 2.28. The van der Waals surface area contributed by atoms with Crippen molar-refractivity contribution in [2.24, 2.45) is 0 Å². The maximum absolute atomic E-state index is 4.32. The van der Waals surface area contributed by atoms with Crippen molar-refractivity contribution in [1.29, 1.82) is 0 Å². The van der Waals surface area contributed by atoms with Crippen LogP contribution in [0.15, 0.2) is 11.6 Å². The number of rotatable bonds is 7. The first-order valence-electron chi connectivity index (χ1n) is 5.48. The first-order valence-corrected chi connectivity index (χ1v) is 6.36. The zero-order valence-corrected chi connectivity index (χ0v) is 9.94. The van der Waals surface area contributed by atoms with E-state index in [0.29, 0.717) is 6.04 Å². The number of likely N-dealkylation sites (N-methyl/N-ethyl adjacent to an activating group) is 1. The van der Waals surface area contributed by atoms with Gasteiger partial charge < -0.3 is 5.32 Å². The van der Waals surface area contributed by atoms with Gasteiger partial charge in [0.15, 0.2) is 0 Å². The molecular formula is C11H20N2S. The molecule has 0 radical (unpaired) electrons. The molecule has 3 heteroatoms. The predicted octanol–water partition coefficient (Wildman–Crippen LogP) is 2.85. The number of nitrogens with zero attached hydrogens (tertiary/aromatic N) is 1. The number of hydrogen-bond acceptors (Lipinski definition) is 3. The number of nitrogens with one attached hydrogen (secondary N) is 1. The van der Waals surface area contributed by atoms with Crippen LogP contribution in [0.5, 0.6) is 0 Å². The third-order valence-corrected chi connectivity index (χ3v) is 3.11. The molecule has 0 aliphatic heterocycles. The highest BCUT2D eigenvalue weighted by Crippen LogP contribution is 2.11. The Morgan fingerprint density at radius 1 is 1.50 bits per heavy atom. The Morgan fingerprint density at radius 3 is 2.93 bits per heavy atom. The number of aromatic nitrogens is 1. The van der Waals surface area contributed by atoms with Gasteiger partial charge in [0.05, 0.1) is 5.01 Å². The second-order valence-electron chi connectivity index (χ2n) is 3.53. The van der Waals surface area contributed by atoms with E-state index in [9.17, 15) is 0 Å². The molecule has 1 unspecified atom stereocenters. The van der Waals surface area contributed by atoms with Gasteiger partial charge in [-0.05, 0) is 13.0 Å². The van der Waals surface area contributed by atoms with Gasteiger partial charge >= 0.3 is 0 Å². The maximum Gasteiger partial charge on any atom is 0.0940 e. The van der Waals surface area contributed by atoms with Gasteiger partial charge in [0.25, 0.3) is 0 Å². The summed E-state index contributed by atoms with van der Waals surface area (Å²) >= 11 is 1.76. The van der Waals surface area contributed by atoms with Crippen LogP contribution < -0.4 is 5.32 Å². The van der Waals surface area contributed by atoms with Gasteiger partial charge in [0.1, 0.15) is 0 Å². The van der Waals surface area contributed by atoms with E-state index in [1.165, 1.54) is 24.3 Å². The highest BCUT2D eigenvalue weighted by Gasteiger charge is 2.08. The highest BCUT2D eigenvalue weighted by atomic mass is 32.1. The van der Waals surface area contributed by atoms with Crippen LogP contribution >= 0.6 is 11.3 Å². The van der Waals surface area contributed by atoms with Crippen molar-refractivity contribution >= 4 is 11.3 Å². The molecule has 1 aromatic rings. The summed E-state index contributed by atoms with van der Waals surface area (Å²) in [5, 5.41) is 6.83. The van der Waals surface area contributed by atoms with Gasteiger partial charge in [-0.25, -0.2) is 4.98 Å². The van der Waals surface area contributed by atoms with E-state index in [0.717, 1.165) is 13.0 Å². The second kappa shape index (κ2) is 6.96. The minimum Gasteiger partial charge on any atom is -0.314 e. The van der Waals surface area contributed by atoms with Gasteiger partial charge in [0, 0.05) is 24.0 Å². The largest absolute Gasteiger partial charge is 0.314 e. The Kier molecular flexibility index (Phi) is 5.80. The van der Waals surface area contributed by atoms with Crippen LogP contribution in [0.1, 0.15) is 38.1 Å². The molecule has 0 bridgehead atoms. The molecule has 80 valence electrons. The van der Waals surface area contributed by atoms with Crippen LogP contribution in [0, 0.1) is 0 Å². The lowest BCUT2D eigenvalue weighted by Gasteiger charge is -2.15. The zero-order valence-electron chi connectivity index (χ0n) is 9.12. The van der Waals surface area contributed by atoms with Crippen LogP contribution in [0.3, 0.4) is 0 Å².